The van der Waals surface area contributed by atoms with Crippen LogP contribution < -0.4 is 0 Å². The van der Waals surface area contributed by atoms with Crippen molar-refractivity contribution in [3.63, 3.8) is 0 Å². The van der Waals surface area contributed by atoms with Gasteiger partial charge in [0.1, 0.15) is 6.33 Å². The Morgan fingerprint density at radius 3 is 2.83 bits per heavy atom. The van der Waals surface area contributed by atoms with Crippen molar-refractivity contribution in [1.29, 1.82) is 0 Å². The number of para-hydroxylation sites is 1. The van der Waals surface area contributed by atoms with E-state index in [0.717, 1.165) is 5.69 Å². The summed E-state index contributed by atoms with van der Waals surface area (Å²) < 4.78 is 1.56. The monoisotopic (exact) mass is 338 g/mol. The summed E-state index contributed by atoms with van der Waals surface area (Å²) in [6.07, 6.45) is 1.53. The van der Waals surface area contributed by atoms with E-state index >= 15 is 0 Å². The fraction of sp³-hybridized carbons (Fsp3) is 0. The first kappa shape index (κ1) is 9.03. The average molecular weight is 337 g/mol. The number of benzene rings is 1. The van der Waals surface area contributed by atoms with E-state index in [1.807, 2.05) is 24.3 Å². The van der Waals surface area contributed by atoms with Gasteiger partial charge in [-0.2, -0.15) is 24.3 Å². The molecule has 1 aromatic carbocycles. The van der Waals surface area contributed by atoms with Crippen molar-refractivity contribution in [2.24, 2.45) is 0 Å². The van der Waals surface area contributed by atoms with Gasteiger partial charge in [0.05, 0.1) is 0 Å². The van der Waals surface area contributed by atoms with E-state index in [-0.39, 0.29) is 20.1 Å². The Bertz CT molecular complexity index is 318. The number of hydrogen-bond donors (Lipinski definition) is 0. The van der Waals surface area contributed by atoms with E-state index < -0.39 is 0 Å². The van der Waals surface area contributed by atoms with Crippen molar-refractivity contribution in [3.05, 3.63) is 36.7 Å². The third kappa shape index (κ3) is 1.75. The molecule has 0 atom stereocenters. The minimum absolute atomic E-state index is 0. The minimum atomic E-state index is 0. The first-order valence-electron chi connectivity index (χ1n) is 3.17. The largest absolute Gasteiger partial charge is 0.225 e. The van der Waals surface area contributed by atoms with Crippen LogP contribution in [0.3, 0.4) is 0 Å². The molecule has 0 fully saturated rings. The number of tetrazole rings is 1. The van der Waals surface area contributed by atoms with Gasteiger partial charge in [-0.3, -0.25) is 0 Å². The average Bonchev–Trinajstić information content (AvgIpc) is 2.58. The Balaban J connectivity index is 0.000000720. The smallest absolute Gasteiger partial charge is 0.141 e. The molecule has 0 saturated carbocycles. The van der Waals surface area contributed by atoms with Gasteiger partial charge in [0.25, 0.3) is 0 Å². The molecule has 0 aliphatic carbocycles. The van der Waals surface area contributed by atoms with Crippen LogP contribution in [0.1, 0.15) is 0 Å². The molecule has 1 radical (unpaired) electrons. The fourth-order valence-corrected chi connectivity index (χ4v) is 0.798. The van der Waals surface area contributed by atoms with Crippen molar-refractivity contribution >= 4 is 0 Å². The Morgan fingerprint density at radius 2 is 2.25 bits per heavy atom. The number of rotatable bonds is 1. The quantitative estimate of drug-likeness (QED) is 0.710. The van der Waals surface area contributed by atoms with Crippen LogP contribution >= 0.6 is 0 Å². The second-order valence-corrected chi connectivity index (χ2v) is 2.00. The summed E-state index contributed by atoms with van der Waals surface area (Å²) >= 11 is 0. The number of hydrogen-bond acceptors (Lipinski definition) is 3. The Morgan fingerprint density at radius 1 is 1.33 bits per heavy atom. The second-order valence-electron chi connectivity index (χ2n) is 2.00. The molecular formula is C7H5IrN4-. The van der Waals surface area contributed by atoms with Gasteiger partial charge in [0.2, 0.25) is 0 Å². The molecule has 12 heavy (non-hydrogen) atoms. The maximum atomic E-state index is 3.71. The Hall–Kier alpha value is -1.06. The third-order valence-electron chi connectivity index (χ3n) is 1.29. The SMILES string of the molecule is [Ir].[c-]1ccccc1-n1cnnn1. The number of nitrogens with zero attached hydrogens (tertiary/aromatic N) is 4. The molecule has 0 unspecified atom stereocenters. The molecule has 4 nitrogen and oxygen atoms in total. The summed E-state index contributed by atoms with van der Waals surface area (Å²) in [4.78, 5) is 0. The van der Waals surface area contributed by atoms with E-state index in [1.54, 1.807) is 4.68 Å². The van der Waals surface area contributed by atoms with Crippen molar-refractivity contribution in [2.45, 2.75) is 0 Å². The molecule has 0 aliphatic heterocycles. The molecule has 0 aliphatic rings. The van der Waals surface area contributed by atoms with Crippen LogP contribution in [0.5, 0.6) is 0 Å². The summed E-state index contributed by atoms with van der Waals surface area (Å²) in [5, 5.41) is 10.7. The molecule has 0 saturated heterocycles. The molecule has 2 rings (SSSR count). The van der Waals surface area contributed by atoms with Gasteiger partial charge >= 0.3 is 0 Å². The summed E-state index contributed by atoms with van der Waals surface area (Å²) in [6, 6.07) is 10.5. The van der Waals surface area contributed by atoms with Gasteiger partial charge in [-0.05, 0) is 16.1 Å². The van der Waals surface area contributed by atoms with E-state index in [4.69, 9.17) is 0 Å². The number of aromatic nitrogens is 4. The normalized spacial score (nSPS) is 9.00. The summed E-state index contributed by atoms with van der Waals surface area (Å²) in [5.41, 5.74) is 0.845. The van der Waals surface area contributed by atoms with Crippen LogP contribution in [-0.2, 0) is 20.1 Å². The third-order valence-corrected chi connectivity index (χ3v) is 1.29. The van der Waals surface area contributed by atoms with Crippen LogP contribution in [0.25, 0.3) is 5.69 Å². The standard InChI is InChI=1S/C7H5N4.Ir/c1-2-4-7(5-3-1)11-6-8-9-10-11;/h1-4,6H;/q-1;. The Labute approximate surface area is 83.0 Å². The summed E-state index contributed by atoms with van der Waals surface area (Å²) in [7, 11) is 0. The minimum Gasteiger partial charge on any atom is -0.225 e. The van der Waals surface area contributed by atoms with Crippen LogP contribution in [0.4, 0.5) is 0 Å². The van der Waals surface area contributed by atoms with E-state index in [9.17, 15) is 0 Å². The predicted molar refractivity (Wildman–Crippen MR) is 38.0 cm³/mol. The summed E-state index contributed by atoms with van der Waals surface area (Å²) in [6.45, 7) is 0. The van der Waals surface area contributed by atoms with Crippen molar-refractivity contribution < 1.29 is 20.1 Å². The van der Waals surface area contributed by atoms with Crippen LogP contribution in [-0.4, -0.2) is 20.2 Å². The molecule has 1 aromatic heterocycles. The first-order valence-corrected chi connectivity index (χ1v) is 3.17. The molecule has 0 N–H and O–H groups in total. The second kappa shape index (κ2) is 4.09. The molecule has 5 heteroatoms. The molecule has 0 amide bonds. The van der Waals surface area contributed by atoms with Crippen LogP contribution in [0.15, 0.2) is 30.6 Å². The van der Waals surface area contributed by atoms with Gasteiger partial charge < -0.3 is 0 Å². The Kier molecular flexibility index (Phi) is 3.08. The molecule has 0 spiro atoms. The maximum absolute atomic E-state index is 3.71. The van der Waals surface area contributed by atoms with E-state index in [2.05, 4.69) is 21.6 Å². The first-order chi connectivity index (χ1) is 5.47. The van der Waals surface area contributed by atoms with Gasteiger partial charge in [0.15, 0.2) is 0 Å². The van der Waals surface area contributed by atoms with E-state index in [0.29, 0.717) is 0 Å². The molecule has 1 heterocycles. The summed E-state index contributed by atoms with van der Waals surface area (Å²) in [5.74, 6) is 0. The fourth-order valence-electron chi connectivity index (χ4n) is 0.798. The van der Waals surface area contributed by atoms with E-state index in [1.165, 1.54) is 6.33 Å². The molecule has 0 bridgehead atoms. The predicted octanol–water partition coefficient (Wildman–Crippen LogP) is 0.460. The van der Waals surface area contributed by atoms with Crippen LogP contribution in [0.2, 0.25) is 0 Å². The topological polar surface area (TPSA) is 43.6 Å². The van der Waals surface area contributed by atoms with Crippen LogP contribution in [0, 0.1) is 6.07 Å². The molecular weight excluding hydrogens is 332 g/mol. The van der Waals surface area contributed by atoms with Gasteiger partial charge in [-0.25, -0.2) is 4.68 Å². The van der Waals surface area contributed by atoms with Gasteiger partial charge in [-0.15, -0.1) is 11.2 Å². The molecule has 2 aromatic rings. The maximum Gasteiger partial charge on any atom is 0.141 e. The zero-order valence-corrected chi connectivity index (χ0v) is 8.40. The zero-order valence-electron chi connectivity index (χ0n) is 6.01. The van der Waals surface area contributed by atoms with Gasteiger partial charge in [0, 0.05) is 20.1 Å². The van der Waals surface area contributed by atoms with Crippen molar-refractivity contribution in [1.82, 2.24) is 20.2 Å². The van der Waals surface area contributed by atoms with Gasteiger partial charge in [-0.1, -0.05) is 0 Å². The van der Waals surface area contributed by atoms with Crippen molar-refractivity contribution in [3.8, 4) is 5.69 Å². The molecule has 63 valence electrons. The van der Waals surface area contributed by atoms with Crippen molar-refractivity contribution in [2.75, 3.05) is 0 Å². The zero-order chi connectivity index (χ0) is 7.52.